The van der Waals surface area contributed by atoms with Crippen LogP contribution in [0.1, 0.15) is 19.4 Å². The third-order valence-electron chi connectivity index (χ3n) is 2.98. The molecule has 0 atom stereocenters. The Morgan fingerprint density at radius 1 is 1.29 bits per heavy atom. The molecule has 0 bridgehead atoms. The summed E-state index contributed by atoms with van der Waals surface area (Å²) >= 11 is 1.76. The molecule has 4 nitrogen and oxygen atoms in total. The third-order valence-corrected chi connectivity index (χ3v) is 3.72. The molecule has 0 unspecified atom stereocenters. The largest absolute Gasteiger partial charge is 0.380 e. The summed E-state index contributed by atoms with van der Waals surface area (Å²) < 4.78 is 5.33. The van der Waals surface area contributed by atoms with Gasteiger partial charge in [0.2, 0.25) is 0 Å². The summed E-state index contributed by atoms with van der Waals surface area (Å²) in [4.78, 5) is 8.02. The van der Waals surface area contributed by atoms with Gasteiger partial charge in [-0.05, 0) is 37.8 Å². The number of aliphatic imine (C=N–C) groups is 1. The SMILES string of the molecule is CCNC(=NCCOCC)N(C)Cc1ccc(SC)cc1. The third kappa shape index (κ3) is 6.87. The first-order valence-electron chi connectivity index (χ1n) is 7.41. The zero-order chi connectivity index (χ0) is 15.5. The molecule has 0 saturated carbocycles. The second kappa shape index (κ2) is 10.5. The van der Waals surface area contributed by atoms with Crippen molar-refractivity contribution in [2.45, 2.75) is 25.3 Å². The van der Waals surface area contributed by atoms with Crippen LogP contribution in [0.15, 0.2) is 34.2 Å². The van der Waals surface area contributed by atoms with E-state index in [9.17, 15) is 0 Å². The Morgan fingerprint density at radius 3 is 2.57 bits per heavy atom. The minimum Gasteiger partial charge on any atom is -0.380 e. The quantitative estimate of drug-likeness (QED) is 0.347. The summed E-state index contributed by atoms with van der Waals surface area (Å²) in [5.41, 5.74) is 1.28. The molecule has 0 aliphatic carbocycles. The number of hydrogen-bond acceptors (Lipinski definition) is 3. The molecule has 0 aliphatic heterocycles. The van der Waals surface area contributed by atoms with Crippen LogP contribution in [-0.4, -0.2) is 50.5 Å². The number of benzene rings is 1. The van der Waals surface area contributed by atoms with E-state index in [0.29, 0.717) is 13.2 Å². The van der Waals surface area contributed by atoms with Crippen molar-refractivity contribution < 1.29 is 4.74 Å². The van der Waals surface area contributed by atoms with Gasteiger partial charge in [-0.15, -0.1) is 11.8 Å². The van der Waals surface area contributed by atoms with E-state index in [2.05, 4.69) is 59.7 Å². The molecule has 1 aromatic rings. The van der Waals surface area contributed by atoms with E-state index in [1.165, 1.54) is 10.5 Å². The van der Waals surface area contributed by atoms with Crippen LogP contribution >= 0.6 is 11.8 Å². The number of nitrogens with zero attached hydrogens (tertiary/aromatic N) is 2. The molecular formula is C16H27N3OS. The first kappa shape index (κ1) is 17.9. The predicted octanol–water partition coefficient (Wildman–Crippen LogP) is 2.84. The Bertz CT molecular complexity index is 420. The number of rotatable bonds is 8. The van der Waals surface area contributed by atoms with E-state index in [0.717, 1.165) is 25.7 Å². The Balaban J connectivity index is 2.59. The van der Waals surface area contributed by atoms with Gasteiger partial charge in [0, 0.05) is 31.6 Å². The molecule has 118 valence electrons. The molecule has 0 spiro atoms. The maximum absolute atomic E-state index is 5.33. The normalized spacial score (nSPS) is 11.5. The van der Waals surface area contributed by atoms with Crippen LogP contribution in [0.5, 0.6) is 0 Å². The summed E-state index contributed by atoms with van der Waals surface area (Å²) in [7, 11) is 2.06. The van der Waals surface area contributed by atoms with E-state index in [-0.39, 0.29) is 0 Å². The van der Waals surface area contributed by atoms with Crippen molar-refractivity contribution in [3.63, 3.8) is 0 Å². The van der Waals surface area contributed by atoms with Crippen LogP contribution in [0.4, 0.5) is 0 Å². The predicted molar refractivity (Wildman–Crippen MR) is 92.2 cm³/mol. The van der Waals surface area contributed by atoms with Crippen molar-refractivity contribution in [1.29, 1.82) is 0 Å². The highest BCUT2D eigenvalue weighted by molar-refractivity contribution is 7.98. The Hall–Kier alpha value is -1.20. The monoisotopic (exact) mass is 309 g/mol. The van der Waals surface area contributed by atoms with E-state index in [4.69, 9.17) is 4.74 Å². The summed E-state index contributed by atoms with van der Waals surface area (Å²) in [6.45, 7) is 7.88. The molecule has 0 aromatic heterocycles. The van der Waals surface area contributed by atoms with Gasteiger partial charge in [0.1, 0.15) is 0 Å². The molecule has 0 fully saturated rings. The summed E-state index contributed by atoms with van der Waals surface area (Å²) in [6.07, 6.45) is 2.09. The van der Waals surface area contributed by atoms with Crippen LogP contribution < -0.4 is 5.32 Å². The number of thioether (sulfide) groups is 1. The molecule has 21 heavy (non-hydrogen) atoms. The van der Waals surface area contributed by atoms with Crippen molar-refractivity contribution in [2.75, 3.05) is 39.6 Å². The Morgan fingerprint density at radius 2 is 2.00 bits per heavy atom. The first-order valence-corrected chi connectivity index (χ1v) is 8.63. The lowest BCUT2D eigenvalue weighted by molar-refractivity contribution is 0.155. The molecule has 5 heteroatoms. The molecule has 0 heterocycles. The van der Waals surface area contributed by atoms with Crippen molar-refractivity contribution in [3.8, 4) is 0 Å². The average molecular weight is 309 g/mol. The second-order valence-corrected chi connectivity index (χ2v) is 5.52. The zero-order valence-electron chi connectivity index (χ0n) is 13.6. The fraction of sp³-hybridized carbons (Fsp3) is 0.562. The topological polar surface area (TPSA) is 36.9 Å². The van der Waals surface area contributed by atoms with Gasteiger partial charge in [-0.2, -0.15) is 0 Å². The zero-order valence-corrected chi connectivity index (χ0v) is 14.4. The molecular weight excluding hydrogens is 282 g/mol. The average Bonchev–Trinajstić information content (AvgIpc) is 2.51. The van der Waals surface area contributed by atoms with Crippen molar-refractivity contribution in [3.05, 3.63) is 29.8 Å². The lowest BCUT2D eigenvalue weighted by Gasteiger charge is -2.22. The maximum atomic E-state index is 5.33. The summed E-state index contributed by atoms with van der Waals surface area (Å²) in [6, 6.07) is 8.66. The minimum absolute atomic E-state index is 0.668. The maximum Gasteiger partial charge on any atom is 0.194 e. The Labute approximate surface area is 133 Å². The fourth-order valence-electron chi connectivity index (χ4n) is 1.91. The van der Waals surface area contributed by atoms with Crippen LogP contribution in [0.3, 0.4) is 0 Å². The van der Waals surface area contributed by atoms with Gasteiger partial charge in [-0.3, -0.25) is 4.99 Å². The number of hydrogen-bond donors (Lipinski definition) is 1. The molecule has 0 saturated heterocycles. The van der Waals surface area contributed by atoms with Gasteiger partial charge in [0.25, 0.3) is 0 Å². The van der Waals surface area contributed by atoms with E-state index in [1.54, 1.807) is 11.8 Å². The highest BCUT2D eigenvalue weighted by Gasteiger charge is 2.06. The summed E-state index contributed by atoms with van der Waals surface area (Å²) in [5.74, 6) is 0.922. The molecule has 1 rings (SSSR count). The van der Waals surface area contributed by atoms with Gasteiger partial charge in [-0.1, -0.05) is 12.1 Å². The van der Waals surface area contributed by atoms with Crippen LogP contribution in [0.25, 0.3) is 0 Å². The lowest BCUT2D eigenvalue weighted by atomic mass is 10.2. The standard InChI is InChI=1S/C16H27N3OS/c1-5-17-16(18-11-12-20-6-2)19(3)13-14-7-9-15(21-4)10-8-14/h7-10H,5-6,11-13H2,1-4H3,(H,17,18). The summed E-state index contributed by atoms with van der Waals surface area (Å²) in [5, 5.41) is 3.32. The van der Waals surface area contributed by atoms with E-state index in [1.807, 2.05) is 6.92 Å². The van der Waals surface area contributed by atoms with Gasteiger partial charge in [-0.25, -0.2) is 0 Å². The number of guanidine groups is 1. The Kier molecular flexibility index (Phi) is 8.94. The highest BCUT2D eigenvalue weighted by atomic mass is 32.2. The van der Waals surface area contributed by atoms with Crippen LogP contribution in [0, 0.1) is 0 Å². The molecule has 0 aliphatic rings. The van der Waals surface area contributed by atoms with Crippen LogP contribution in [-0.2, 0) is 11.3 Å². The molecule has 1 aromatic carbocycles. The smallest absolute Gasteiger partial charge is 0.194 e. The number of ether oxygens (including phenoxy) is 1. The van der Waals surface area contributed by atoms with E-state index >= 15 is 0 Å². The van der Waals surface area contributed by atoms with Crippen molar-refractivity contribution >= 4 is 17.7 Å². The number of nitrogens with one attached hydrogen (secondary N) is 1. The molecule has 0 amide bonds. The highest BCUT2D eigenvalue weighted by Crippen LogP contribution is 2.15. The second-order valence-electron chi connectivity index (χ2n) is 4.64. The van der Waals surface area contributed by atoms with Gasteiger partial charge < -0.3 is 15.0 Å². The van der Waals surface area contributed by atoms with Gasteiger partial charge >= 0.3 is 0 Å². The van der Waals surface area contributed by atoms with Crippen LogP contribution in [0.2, 0.25) is 0 Å². The lowest BCUT2D eigenvalue weighted by Crippen LogP contribution is -2.38. The first-order chi connectivity index (χ1) is 10.2. The van der Waals surface area contributed by atoms with Crippen molar-refractivity contribution in [1.82, 2.24) is 10.2 Å². The van der Waals surface area contributed by atoms with E-state index < -0.39 is 0 Å². The minimum atomic E-state index is 0.668. The van der Waals surface area contributed by atoms with Gasteiger partial charge in [0.05, 0.1) is 13.2 Å². The molecule has 1 N–H and O–H groups in total. The molecule has 0 radical (unpaired) electrons. The fourth-order valence-corrected chi connectivity index (χ4v) is 2.32. The van der Waals surface area contributed by atoms with Gasteiger partial charge in [0.15, 0.2) is 5.96 Å². The van der Waals surface area contributed by atoms with Crippen molar-refractivity contribution in [2.24, 2.45) is 4.99 Å².